The van der Waals surface area contributed by atoms with Gasteiger partial charge >= 0.3 is 0 Å². The summed E-state index contributed by atoms with van der Waals surface area (Å²) in [6.45, 7) is 7.53. The van der Waals surface area contributed by atoms with E-state index >= 15 is 0 Å². The Balaban J connectivity index is 1.81. The van der Waals surface area contributed by atoms with Gasteiger partial charge in [-0.15, -0.1) is 0 Å². The van der Waals surface area contributed by atoms with E-state index in [1.807, 2.05) is 6.92 Å². The number of rotatable bonds is 6. The van der Waals surface area contributed by atoms with Crippen molar-refractivity contribution < 1.29 is 13.2 Å². The minimum atomic E-state index is -2.84. The highest BCUT2D eigenvalue weighted by Crippen LogP contribution is 2.24. The molecule has 0 saturated carbocycles. The Morgan fingerprint density at radius 2 is 2.16 bits per heavy atom. The van der Waals surface area contributed by atoms with Gasteiger partial charge in [-0.3, -0.25) is 0 Å². The van der Waals surface area contributed by atoms with Crippen LogP contribution in [0.2, 0.25) is 0 Å². The van der Waals surface area contributed by atoms with Crippen LogP contribution in [0.4, 0.5) is 0 Å². The molecule has 2 N–H and O–H groups in total. The van der Waals surface area contributed by atoms with Gasteiger partial charge in [0.2, 0.25) is 0 Å². The molecule has 0 radical (unpaired) electrons. The van der Waals surface area contributed by atoms with Crippen LogP contribution in [0.3, 0.4) is 0 Å². The van der Waals surface area contributed by atoms with Crippen molar-refractivity contribution in [3.63, 3.8) is 0 Å². The van der Waals surface area contributed by atoms with Crippen LogP contribution in [0.25, 0.3) is 0 Å². The molecule has 2 saturated heterocycles. The number of hydrogen-bond donors (Lipinski definition) is 2. The first-order valence-corrected chi connectivity index (χ1v) is 9.03. The predicted octanol–water partition coefficient (Wildman–Crippen LogP) is 0.168. The summed E-state index contributed by atoms with van der Waals surface area (Å²) in [6, 6.07) is 0.397. The summed E-state index contributed by atoms with van der Waals surface area (Å²) < 4.78 is 28.7. The van der Waals surface area contributed by atoms with Crippen LogP contribution < -0.4 is 10.6 Å². The van der Waals surface area contributed by atoms with Crippen molar-refractivity contribution in [1.82, 2.24) is 10.6 Å². The molecule has 2 rings (SSSR count). The number of nitrogens with one attached hydrogen (secondary N) is 2. The second-order valence-electron chi connectivity index (χ2n) is 6.14. The summed E-state index contributed by atoms with van der Waals surface area (Å²) in [5.74, 6) is 1.02. The van der Waals surface area contributed by atoms with Gasteiger partial charge < -0.3 is 15.4 Å². The summed E-state index contributed by atoms with van der Waals surface area (Å²) in [7, 11) is -2.84. The van der Waals surface area contributed by atoms with Crippen molar-refractivity contribution in [2.75, 3.05) is 37.8 Å². The van der Waals surface area contributed by atoms with Gasteiger partial charge in [0.05, 0.1) is 24.7 Å². The van der Waals surface area contributed by atoms with Crippen molar-refractivity contribution in [2.24, 2.45) is 5.92 Å². The van der Waals surface area contributed by atoms with Crippen LogP contribution in [0, 0.1) is 5.92 Å². The summed E-state index contributed by atoms with van der Waals surface area (Å²) in [6.07, 6.45) is 1.84. The Hall–Kier alpha value is -0.170. The normalized spacial score (nSPS) is 37.8. The van der Waals surface area contributed by atoms with Gasteiger partial charge in [0, 0.05) is 24.0 Å². The molecule has 6 heteroatoms. The van der Waals surface area contributed by atoms with Crippen molar-refractivity contribution >= 4 is 9.84 Å². The Morgan fingerprint density at radius 1 is 1.37 bits per heavy atom. The fourth-order valence-electron chi connectivity index (χ4n) is 2.88. The quantitative estimate of drug-likeness (QED) is 0.730. The van der Waals surface area contributed by atoms with Crippen LogP contribution in [-0.4, -0.2) is 57.8 Å². The minimum Gasteiger partial charge on any atom is -0.379 e. The van der Waals surface area contributed by atoms with Crippen molar-refractivity contribution in [1.29, 1.82) is 0 Å². The van der Waals surface area contributed by atoms with Gasteiger partial charge in [-0.25, -0.2) is 8.42 Å². The molecule has 0 bridgehead atoms. The molecule has 3 atom stereocenters. The average Bonchev–Trinajstić information content (AvgIpc) is 2.89. The summed E-state index contributed by atoms with van der Waals surface area (Å²) in [5, 5.41) is 6.97. The van der Waals surface area contributed by atoms with E-state index < -0.39 is 9.84 Å². The molecule has 0 aromatic heterocycles. The molecule has 112 valence electrons. The molecule has 2 aliphatic rings. The summed E-state index contributed by atoms with van der Waals surface area (Å²) in [5.41, 5.74) is -0.253. The lowest BCUT2D eigenvalue weighted by molar-refractivity contribution is 0.180. The number of sulfone groups is 1. The first-order chi connectivity index (χ1) is 8.94. The molecular formula is C13H26N2O3S. The van der Waals surface area contributed by atoms with Crippen LogP contribution in [0.1, 0.15) is 26.7 Å². The van der Waals surface area contributed by atoms with Crippen LogP contribution in [0.15, 0.2) is 0 Å². The van der Waals surface area contributed by atoms with E-state index in [-0.39, 0.29) is 11.3 Å². The Morgan fingerprint density at radius 3 is 2.79 bits per heavy atom. The largest absolute Gasteiger partial charge is 0.379 e. The molecule has 0 aromatic rings. The molecule has 2 heterocycles. The standard InChI is InChI=1S/C13H26N2O3S/c1-3-5-14-12-9-18-8-11(12)7-15-13(2)4-6-19(16,17)10-13/h11-12,14-15H,3-10H2,1-2H3. The third-order valence-electron chi connectivity index (χ3n) is 4.15. The maximum absolute atomic E-state index is 11.6. The highest BCUT2D eigenvalue weighted by atomic mass is 32.2. The molecule has 2 fully saturated rings. The molecule has 0 aliphatic carbocycles. The maximum atomic E-state index is 11.6. The summed E-state index contributed by atoms with van der Waals surface area (Å²) >= 11 is 0. The van der Waals surface area contributed by atoms with E-state index in [9.17, 15) is 8.42 Å². The molecule has 0 aromatic carbocycles. The van der Waals surface area contributed by atoms with Crippen molar-refractivity contribution in [3.8, 4) is 0 Å². The SMILES string of the molecule is CCCNC1COCC1CNC1(C)CCS(=O)(=O)C1. The van der Waals surface area contributed by atoms with Gasteiger partial charge in [-0.2, -0.15) is 0 Å². The molecule has 5 nitrogen and oxygen atoms in total. The first kappa shape index (κ1) is 15.2. The smallest absolute Gasteiger partial charge is 0.152 e. The Kier molecular flexibility index (Phi) is 4.87. The highest BCUT2D eigenvalue weighted by Gasteiger charge is 2.39. The van der Waals surface area contributed by atoms with E-state index in [1.165, 1.54) is 0 Å². The van der Waals surface area contributed by atoms with E-state index in [0.717, 1.165) is 39.1 Å². The third kappa shape index (κ3) is 4.15. The van der Waals surface area contributed by atoms with Crippen LogP contribution in [0.5, 0.6) is 0 Å². The molecule has 19 heavy (non-hydrogen) atoms. The number of ether oxygens (including phenoxy) is 1. The van der Waals surface area contributed by atoms with Crippen molar-refractivity contribution in [3.05, 3.63) is 0 Å². The monoisotopic (exact) mass is 290 g/mol. The predicted molar refractivity (Wildman–Crippen MR) is 76.1 cm³/mol. The topological polar surface area (TPSA) is 67.4 Å². The molecule has 2 aliphatic heterocycles. The van der Waals surface area contributed by atoms with E-state index in [2.05, 4.69) is 17.6 Å². The van der Waals surface area contributed by atoms with Gasteiger partial charge in [-0.05, 0) is 26.3 Å². The zero-order valence-corrected chi connectivity index (χ0v) is 12.8. The molecular weight excluding hydrogens is 264 g/mol. The second-order valence-corrected chi connectivity index (χ2v) is 8.33. The fourth-order valence-corrected chi connectivity index (χ4v) is 5.01. The zero-order chi connectivity index (χ0) is 13.9. The lowest BCUT2D eigenvalue weighted by atomic mass is 9.98. The minimum absolute atomic E-state index is 0.253. The molecule has 0 spiro atoms. The van der Waals surface area contributed by atoms with Gasteiger partial charge in [0.25, 0.3) is 0 Å². The maximum Gasteiger partial charge on any atom is 0.152 e. The first-order valence-electron chi connectivity index (χ1n) is 7.21. The van der Waals surface area contributed by atoms with Gasteiger partial charge in [-0.1, -0.05) is 6.92 Å². The summed E-state index contributed by atoms with van der Waals surface area (Å²) in [4.78, 5) is 0. The lowest BCUT2D eigenvalue weighted by Crippen LogP contribution is -2.49. The zero-order valence-electron chi connectivity index (χ0n) is 11.9. The van der Waals surface area contributed by atoms with Gasteiger partial charge in [0.1, 0.15) is 0 Å². The Bertz CT molecular complexity index is 399. The fraction of sp³-hybridized carbons (Fsp3) is 1.00. The molecule has 0 amide bonds. The lowest BCUT2D eigenvalue weighted by Gasteiger charge is -2.28. The van der Waals surface area contributed by atoms with E-state index in [4.69, 9.17) is 4.74 Å². The second kappa shape index (κ2) is 6.08. The van der Waals surface area contributed by atoms with Crippen LogP contribution in [-0.2, 0) is 14.6 Å². The van der Waals surface area contributed by atoms with Crippen LogP contribution >= 0.6 is 0 Å². The van der Waals surface area contributed by atoms with E-state index in [0.29, 0.717) is 17.7 Å². The number of hydrogen-bond acceptors (Lipinski definition) is 5. The third-order valence-corrected chi connectivity index (χ3v) is 6.05. The van der Waals surface area contributed by atoms with Gasteiger partial charge in [0.15, 0.2) is 9.84 Å². The van der Waals surface area contributed by atoms with E-state index in [1.54, 1.807) is 0 Å². The highest BCUT2D eigenvalue weighted by molar-refractivity contribution is 7.91. The molecule has 3 unspecified atom stereocenters. The average molecular weight is 290 g/mol. The van der Waals surface area contributed by atoms with Crippen molar-refractivity contribution in [2.45, 2.75) is 38.3 Å². The Labute approximate surface area is 116 Å².